The molecule has 1 N–H and O–H groups in total. The van der Waals surface area contributed by atoms with Crippen molar-refractivity contribution in [3.8, 4) is 5.82 Å². The first kappa shape index (κ1) is 16.4. The second-order valence-electron chi connectivity index (χ2n) is 6.70. The van der Waals surface area contributed by atoms with E-state index in [4.69, 9.17) is 0 Å². The van der Waals surface area contributed by atoms with Crippen LogP contribution in [0, 0.1) is 18.8 Å². The normalized spacial score (nSPS) is 20.6. The third kappa shape index (κ3) is 3.39. The molecule has 0 spiro atoms. The van der Waals surface area contributed by atoms with E-state index >= 15 is 0 Å². The Morgan fingerprint density at radius 2 is 2.04 bits per heavy atom. The Kier molecular flexibility index (Phi) is 4.51. The van der Waals surface area contributed by atoms with Crippen molar-refractivity contribution in [2.45, 2.75) is 33.7 Å². The Morgan fingerprint density at radius 1 is 1.29 bits per heavy atom. The van der Waals surface area contributed by atoms with Gasteiger partial charge >= 0.3 is 0 Å². The highest BCUT2D eigenvalue weighted by Gasteiger charge is 2.36. The number of anilines is 1. The lowest BCUT2D eigenvalue weighted by Crippen LogP contribution is -2.40. The van der Waals surface area contributed by atoms with Crippen LogP contribution in [-0.4, -0.2) is 44.8 Å². The first-order valence-corrected chi connectivity index (χ1v) is 8.32. The minimum Gasteiger partial charge on any atom is -0.354 e. The summed E-state index contributed by atoms with van der Waals surface area (Å²) in [5, 5.41) is 7.33. The van der Waals surface area contributed by atoms with Crippen molar-refractivity contribution < 1.29 is 4.79 Å². The van der Waals surface area contributed by atoms with E-state index in [1.54, 1.807) is 17.8 Å². The van der Waals surface area contributed by atoms with Crippen LogP contribution in [0.2, 0.25) is 0 Å². The van der Waals surface area contributed by atoms with Crippen molar-refractivity contribution in [3.05, 3.63) is 30.4 Å². The van der Waals surface area contributed by atoms with Gasteiger partial charge in [-0.1, -0.05) is 13.8 Å². The molecule has 2 aromatic heterocycles. The molecule has 0 radical (unpaired) electrons. The molecule has 3 rings (SSSR count). The molecular formula is C17H24N6O. The fourth-order valence-corrected chi connectivity index (χ4v) is 3.33. The van der Waals surface area contributed by atoms with Gasteiger partial charge in [0.25, 0.3) is 0 Å². The molecular weight excluding hydrogens is 304 g/mol. The van der Waals surface area contributed by atoms with Gasteiger partial charge < -0.3 is 10.2 Å². The topological polar surface area (TPSA) is 75.9 Å². The van der Waals surface area contributed by atoms with Gasteiger partial charge in [-0.25, -0.2) is 14.6 Å². The SMILES string of the molecule is CC(=O)N[C@@H]1CN(c2cc(-n3cccn3)nc(C)n2)C[C@H]1C(C)C. The Hall–Kier alpha value is -2.44. The van der Waals surface area contributed by atoms with Gasteiger partial charge in [0.1, 0.15) is 11.6 Å². The lowest BCUT2D eigenvalue weighted by atomic mass is 9.91. The average molecular weight is 328 g/mol. The van der Waals surface area contributed by atoms with Crippen LogP contribution in [0.25, 0.3) is 5.82 Å². The number of rotatable bonds is 4. The first-order chi connectivity index (χ1) is 11.4. The van der Waals surface area contributed by atoms with E-state index in [-0.39, 0.29) is 11.9 Å². The zero-order valence-electron chi connectivity index (χ0n) is 14.6. The summed E-state index contributed by atoms with van der Waals surface area (Å²) >= 11 is 0. The minimum atomic E-state index is 0.0172. The quantitative estimate of drug-likeness (QED) is 0.922. The van der Waals surface area contributed by atoms with Gasteiger partial charge in [0, 0.05) is 44.4 Å². The zero-order valence-corrected chi connectivity index (χ0v) is 14.6. The van der Waals surface area contributed by atoms with Gasteiger partial charge in [0.2, 0.25) is 5.91 Å². The van der Waals surface area contributed by atoms with Crippen LogP contribution in [0.5, 0.6) is 0 Å². The number of hydrogen-bond acceptors (Lipinski definition) is 5. The highest BCUT2D eigenvalue weighted by atomic mass is 16.1. The van der Waals surface area contributed by atoms with Gasteiger partial charge in [0.05, 0.1) is 6.04 Å². The number of nitrogens with zero attached hydrogens (tertiary/aromatic N) is 5. The second kappa shape index (κ2) is 6.59. The molecule has 1 amide bonds. The molecule has 0 aromatic carbocycles. The zero-order chi connectivity index (χ0) is 17.3. The molecule has 1 saturated heterocycles. The largest absolute Gasteiger partial charge is 0.354 e. The first-order valence-electron chi connectivity index (χ1n) is 8.32. The minimum absolute atomic E-state index is 0.0172. The average Bonchev–Trinajstić information content (AvgIpc) is 3.15. The summed E-state index contributed by atoms with van der Waals surface area (Å²) in [6.07, 6.45) is 3.60. The third-order valence-electron chi connectivity index (χ3n) is 4.48. The summed E-state index contributed by atoms with van der Waals surface area (Å²) in [4.78, 5) is 22.8. The predicted molar refractivity (Wildman–Crippen MR) is 92.0 cm³/mol. The Balaban J connectivity index is 1.87. The number of aryl methyl sites for hydroxylation is 1. The molecule has 0 unspecified atom stereocenters. The summed E-state index contributed by atoms with van der Waals surface area (Å²) in [5.74, 6) is 3.25. The lowest BCUT2D eigenvalue weighted by Gasteiger charge is -2.21. The van der Waals surface area contributed by atoms with E-state index in [0.717, 1.165) is 24.7 Å². The molecule has 2 atom stereocenters. The molecule has 7 nitrogen and oxygen atoms in total. The summed E-state index contributed by atoms with van der Waals surface area (Å²) in [5.41, 5.74) is 0. The maximum absolute atomic E-state index is 11.5. The third-order valence-corrected chi connectivity index (χ3v) is 4.48. The summed E-state index contributed by atoms with van der Waals surface area (Å²) in [6.45, 7) is 9.49. The molecule has 1 aliphatic rings. The molecule has 1 fully saturated rings. The van der Waals surface area contributed by atoms with Crippen LogP contribution in [0.4, 0.5) is 5.82 Å². The number of carbonyl (C=O) groups is 1. The van der Waals surface area contributed by atoms with Crippen molar-refractivity contribution in [2.75, 3.05) is 18.0 Å². The van der Waals surface area contributed by atoms with Crippen molar-refractivity contribution in [2.24, 2.45) is 11.8 Å². The highest BCUT2D eigenvalue weighted by molar-refractivity contribution is 5.73. The Bertz CT molecular complexity index is 712. The van der Waals surface area contributed by atoms with Crippen LogP contribution in [0.1, 0.15) is 26.6 Å². The van der Waals surface area contributed by atoms with Gasteiger partial charge in [0.15, 0.2) is 5.82 Å². The van der Waals surface area contributed by atoms with E-state index < -0.39 is 0 Å². The maximum Gasteiger partial charge on any atom is 0.217 e. The van der Waals surface area contributed by atoms with Crippen molar-refractivity contribution in [3.63, 3.8) is 0 Å². The molecule has 1 aliphatic heterocycles. The number of aromatic nitrogens is 4. The fraction of sp³-hybridized carbons (Fsp3) is 0.529. The molecule has 24 heavy (non-hydrogen) atoms. The van der Waals surface area contributed by atoms with E-state index in [9.17, 15) is 4.79 Å². The lowest BCUT2D eigenvalue weighted by molar-refractivity contribution is -0.119. The van der Waals surface area contributed by atoms with Gasteiger partial charge in [-0.2, -0.15) is 5.10 Å². The standard InChI is InChI=1S/C17H24N6O/c1-11(2)14-9-22(10-15(14)21-13(4)24)16-8-17(20-12(3)19-16)23-7-5-6-18-23/h5-8,11,14-15H,9-10H2,1-4H3,(H,21,24)/t14-,15+/m0/s1. The number of nitrogens with one attached hydrogen (secondary N) is 1. The van der Waals surface area contributed by atoms with Crippen LogP contribution in [0.3, 0.4) is 0 Å². The van der Waals surface area contributed by atoms with Crippen molar-refractivity contribution >= 4 is 11.7 Å². The van der Waals surface area contributed by atoms with Crippen molar-refractivity contribution in [1.82, 2.24) is 25.1 Å². The predicted octanol–water partition coefficient (Wildman–Crippen LogP) is 1.57. The van der Waals surface area contributed by atoms with Gasteiger partial charge in [-0.15, -0.1) is 0 Å². The Labute approximate surface area is 142 Å². The Morgan fingerprint density at radius 3 is 2.67 bits per heavy atom. The summed E-state index contributed by atoms with van der Waals surface area (Å²) < 4.78 is 1.74. The van der Waals surface area contributed by atoms with E-state index in [1.807, 2.05) is 25.3 Å². The molecule has 0 bridgehead atoms. The molecule has 128 valence electrons. The van der Waals surface area contributed by atoms with E-state index in [1.165, 1.54) is 0 Å². The summed E-state index contributed by atoms with van der Waals surface area (Å²) in [6, 6.07) is 3.97. The van der Waals surface area contributed by atoms with Crippen LogP contribution in [-0.2, 0) is 4.79 Å². The molecule has 2 aromatic rings. The molecule has 0 aliphatic carbocycles. The number of hydrogen-bond donors (Lipinski definition) is 1. The van der Waals surface area contributed by atoms with Crippen LogP contribution >= 0.6 is 0 Å². The van der Waals surface area contributed by atoms with Gasteiger partial charge in [-0.3, -0.25) is 4.79 Å². The smallest absolute Gasteiger partial charge is 0.217 e. The number of amides is 1. The second-order valence-corrected chi connectivity index (χ2v) is 6.70. The molecule has 0 saturated carbocycles. The molecule has 3 heterocycles. The van der Waals surface area contributed by atoms with Crippen molar-refractivity contribution in [1.29, 1.82) is 0 Å². The summed E-state index contributed by atoms with van der Waals surface area (Å²) in [7, 11) is 0. The van der Waals surface area contributed by atoms with E-state index in [2.05, 4.69) is 39.1 Å². The number of carbonyl (C=O) groups excluding carboxylic acids is 1. The van der Waals surface area contributed by atoms with Gasteiger partial charge in [-0.05, 0) is 18.9 Å². The maximum atomic E-state index is 11.5. The van der Waals surface area contributed by atoms with Crippen LogP contribution < -0.4 is 10.2 Å². The van der Waals surface area contributed by atoms with E-state index in [0.29, 0.717) is 17.7 Å². The highest BCUT2D eigenvalue weighted by Crippen LogP contribution is 2.28. The monoisotopic (exact) mass is 328 g/mol. The molecule has 7 heteroatoms. The van der Waals surface area contributed by atoms with Crippen LogP contribution in [0.15, 0.2) is 24.5 Å². The fourth-order valence-electron chi connectivity index (χ4n) is 3.33.